The lowest BCUT2D eigenvalue weighted by atomic mass is 10.2. The van der Waals surface area contributed by atoms with E-state index in [1.807, 2.05) is 31.2 Å². The average Bonchev–Trinajstić information content (AvgIpc) is 2.98. The van der Waals surface area contributed by atoms with Crippen molar-refractivity contribution in [2.75, 3.05) is 10.2 Å². The van der Waals surface area contributed by atoms with E-state index >= 15 is 0 Å². The number of nitrogens with one attached hydrogen (secondary N) is 1. The Bertz CT molecular complexity index is 785. The minimum Gasteiger partial charge on any atom is -0.360 e. The molecule has 0 fully saturated rings. The summed E-state index contributed by atoms with van der Waals surface area (Å²) < 4.78 is 5.05. The van der Waals surface area contributed by atoms with Gasteiger partial charge < -0.3 is 14.7 Å². The third-order valence-electron chi connectivity index (χ3n) is 3.62. The number of rotatable bonds is 6. The van der Waals surface area contributed by atoms with Crippen molar-refractivity contribution in [3.8, 4) is 0 Å². The van der Waals surface area contributed by atoms with E-state index in [9.17, 15) is 0 Å². The van der Waals surface area contributed by atoms with Crippen LogP contribution in [0.15, 0.2) is 53.2 Å². The minimum absolute atomic E-state index is 0.308. The lowest BCUT2D eigenvalue weighted by Crippen LogP contribution is -2.31. The normalized spacial score (nSPS) is 10.8. The van der Waals surface area contributed by atoms with E-state index in [1.54, 1.807) is 12.3 Å². The van der Waals surface area contributed by atoms with E-state index < -0.39 is 0 Å². The fourth-order valence-electron chi connectivity index (χ4n) is 2.42. The van der Waals surface area contributed by atoms with Gasteiger partial charge in [-0.15, -0.1) is 0 Å². The Morgan fingerprint density at radius 3 is 2.62 bits per heavy atom. The molecule has 3 aromatic rings. The Kier molecular flexibility index (Phi) is 4.74. The lowest BCUT2D eigenvalue weighted by molar-refractivity contribution is 0.400. The quantitative estimate of drug-likeness (QED) is 0.741. The molecule has 0 aliphatic rings. The third-order valence-corrected chi connectivity index (χ3v) is 3.62. The van der Waals surface area contributed by atoms with Crippen molar-refractivity contribution < 1.29 is 4.52 Å². The van der Waals surface area contributed by atoms with Gasteiger partial charge in [0.05, 0.1) is 0 Å². The van der Waals surface area contributed by atoms with E-state index in [0.29, 0.717) is 17.8 Å². The SMILES string of the molecule is Cc1cc(Nc2nccc(N(Cc3ccccc3)C(C)C)n2)no1. The number of benzene rings is 1. The highest BCUT2D eigenvalue weighted by atomic mass is 16.5. The van der Waals surface area contributed by atoms with Crippen molar-refractivity contribution in [1.29, 1.82) is 0 Å². The van der Waals surface area contributed by atoms with Crippen molar-refractivity contribution >= 4 is 17.6 Å². The molecule has 0 radical (unpaired) electrons. The zero-order chi connectivity index (χ0) is 16.9. The minimum atomic E-state index is 0.308. The van der Waals surface area contributed by atoms with Crippen LogP contribution >= 0.6 is 0 Å². The molecule has 0 saturated heterocycles. The Balaban J connectivity index is 1.81. The molecule has 0 saturated carbocycles. The third kappa shape index (κ3) is 3.90. The molecule has 0 spiro atoms. The molecule has 0 atom stereocenters. The first-order valence-electron chi connectivity index (χ1n) is 7.96. The Hall–Kier alpha value is -2.89. The Morgan fingerprint density at radius 2 is 1.96 bits per heavy atom. The van der Waals surface area contributed by atoms with Crippen LogP contribution in [0.2, 0.25) is 0 Å². The topological polar surface area (TPSA) is 67.1 Å². The molecule has 0 bridgehead atoms. The smallest absolute Gasteiger partial charge is 0.230 e. The van der Waals surface area contributed by atoms with Crippen LogP contribution in [0.5, 0.6) is 0 Å². The number of aryl methyl sites for hydroxylation is 1. The van der Waals surface area contributed by atoms with Gasteiger partial charge in [0.25, 0.3) is 0 Å². The van der Waals surface area contributed by atoms with Gasteiger partial charge in [0.1, 0.15) is 11.6 Å². The molecule has 124 valence electrons. The molecule has 0 aliphatic carbocycles. The number of aromatic nitrogens is 3. The second kappa shape index (κ2) is 7.12. The fraction of sp³-hybridized carbons (Fsp3) is 0.278. The number of nitrogens with zero attached hydrogens (tertiary/aromatic N) is 4. The molecule has 0 unspecified atom stereocenters. The summed E-state index contributed by atoms with van der Waals surface area (Å²) >= 11 is 0. The zero-order valence-electron chi connectivity index (χ0n) is 14.1. The summed E-state index contributed by atoms with van der Waals surface area (Å²) in [5.41, 5.74) is 1.24. The van der Waals surface area contributed by atoms with Gasteiger partial charge in [-0.25, -0.2) is 4.98 Å². The molecule has 1 N–H and O–H groups in total. The zero-order valence-corrected chi connectivity index (χ0v) is 14.1. The maximum Gasteiger partial charge on any atom is 0.230 e. The van der Waals surface area contributed by atoms with Gasteiger partial charge in [-0.05, 0) is 32.4 Å². The summed E-state index contributed by atoms with van der Waals surface area (Å²) in [6, 6.07) is 14.4. The fourth-order valence-corrected chi connectivity index (χ4v) is 2.42. The van der Waals surface area contributed by atoms with Gasteiger partial charge in [0, 0.05) is 24.8 Å². The summed E-state index contributed by atoms with van der Waals surface area (Å²) in [6.45, 7) is 6.94. The van der Waals surface area contributed by atoms with Crippen LogP contribution in [0.25, 0.3) is 0 Å². The molecule has 2 aromatic heterocycles. The standard InChI is InChI=1S/C18H21N5O/c1-13(2)23(12-15-7-5-4-6-8-15)17-9-10-19-18(21-17)20-16-11-14(3)24-22-16/h4-11,13H,12H2,1-3H3,(H,19,20,21,22). The van der Waals surface area contributed by atoms with E-state index in [4.69, 9.17) is 4.52 Å². The molecular weight excluding hydrogens is 302 g/mol. The average molecular weight is 323 g/mol. The summed E-state index contributed by atoms with van der Waals surface area (Å²) in [6.07, 6.45) is 1.75. The van der Waals surface area contributed by atoms with Gasteiger partial charge in [-0.2, -0.15) is 4.98 Å². The summed E-state index contributed by atoms with van der Waals surface area (Å²) in [5, 5.41) is 6.98. The van der Waals surface area contributed by atoms with Crippen molar-refractivity contribution in [2.24, 2.45) is 0 Å². The first-order chi connectivity index (χ1) is 11.6. The largest absolute Gasteiger partial charge is 0.360 e. The summed E-state index contributed by atoms with van der Waals surface area (Å²) in [4.78, 5) is 11.1. The van der Waals surface area contributed by atoms with E-state index in [0.717, 1.165) is 18.1 Å². The summed E-state index contributed by atoms with van der Waals surface area (Å²) in [5.74, 6) is 2.71. The van der Waals surface area contributed by atoms with Crippen LogP contribution in [0.1, 0.15) is 25.2 Å². The lowest BCUT2D eigenvalue weighted by Gasteiger charge is -2.28. The first-order valence-corrected chi connectivity index (χ1v) is 7.96. The van der Waals surface area contributed by atoms with Gasteiger partial charge in [0.15, 0.2) is 5.82 Å². The highest BCUT2D eigenvalue weighted by Gasteiger charge is 2.14. The van der Waals surface area contributed by atoms with Crippen LogP contribution in [-0.2, 0) is 6.54 Å². The van der Waals surface area contributed by atoms with Crippen molar-refractivity contribution in [1.82, 2.24) is 15.1 Å². The molecule has 6 heteroatoms. The Morgan fingerprint density at radius 1 is 1.17 bits per heavy atom. The first kappa shape index (κ1) is 16.0. The molecular formula is C18H21N5O. The maximum atomic E-state index is 5.05. The number of hydrogen-bond donors (Lipinski definition) is 1. The molecule has 0 amide bonds. The predicted octanol–water partition coefficient (Wildman–Crippen LogP) is 3.93. The summed E-state index contributed by atoms with van der Waals surface area (Å²) in [7, 11) is 0. The van der Waals surface area contributed by atoms with Crippen LogP contribution in [0.3, 0.4) is 0 Å². The van der Waals surface area contributed by atoms with E-state index in [2.05, 4.69) is 51.3 Å². The van der Waals surface area contributed by atoms with Crippen molar-refractivity contribution in [3.05, 3.63) is 60.0 Å². The highest BCUT2D eigenvalue weighted by Crippen LogP contribution is 2.20. The van der Waals surface area contributed by atoms with Crippen LogP contribution in [-0.4, -0.2) is 21.2 Å². The molecule has 3 rings (SSSR count). The molecule has 2 heterocycles. The molecule has 6 nitrogen and oxygen atoms in total. The van der Waals surface area contributed by atoms with Gasteiger partial charge in [0.2, 0.25) is 5.95 Å². The van der Waals surface area contributed by atoms with Crippen LogP contribution in [0.4, 0.5) is 17.6 Å². The predicted molar refractivity (Wildman–Crippen MR) is 94.3 cm³/mol. The van der Waals surface area contributed by atoms with Gasteiger partial charge in [-0.3, -0.25) is 0 Å². The van der Waals surface area contributed by atoms with Gasteiger partial charge >= 0.3 is 0 Å². The Labute approximate surface area is 141 Å². The van der Waals surface area contributed by atoms with Crippen LogP contribution < -0.4 is 10.2 Å². The second-order valence-electron chi connectivity index (χ2n) is 5.89. The van der Waals surface area contributed by atoms with E-state index in [-0.39, 0.29) is 0 Å². The monoisotopic (exact) mass is 323 g/mol. The second-order valence-corrected chi connectivity index (χ2v) is 5.89. The van der Waals surface area contributed by atoms with Crippen molar-refractivity contribution in [3.63, 3.8) is 0 Å². The molecule has 1 aromatic carbocycles. The van der Waals surface area contributed by atoms with E-state index in [1.165, 1.54) is 5.56 Å². The molecule has 24 heavy (non-hydrogen) atoms. The van der Waals surface area contributed by atoms with Crippen molar-refractivity contribution in [2.45, 2.75) is 33.4 Å². The maximum absolute atomic E-state index is 5.05. The highest BCUT2D eigenvalue weighted by molar-refractivity contribution is 5.51. The number of hydrogen-bond acceptors (Lipinski definition) is 6. The number of anilines is 3. The molecule has 0 aliphatic heterocycles. The van der Waals surface area contributed by atoms with Crippen LogP contribution in [0, 0.1) is 6.92 Å². The van der Waals surface area contributed by atoms with Gasteiger partial charge in [-0.1, -0.05) is 35.5 Å².